The van der Waals surface area contributed by atoms with Gasteiger partial charge in [0, 0.05) is 67.3 Å². The van der Waals surface area contributed by atoms with Crippen molar-refractivity contribution in [2.75, 3.05) is 36.4 Å². The lowest BCUT2D eigenvalue weighted by Gasteiger charge is -2.61. The fraction of sp³-hybridized carbons (Fsp3) is 0.346. The third-order valence-electron chi connectivity index (χ3n) is 6.52. The van der Waals surface area contributed by atoms with Gasteiger partial charge < -0.3 is 19.9 Å². The topological polar surface area (TPSA) is 66.4 Å². The number of aromatic nitrogens is 3. The number of rotatable bonds is 9. The van der Waals surface area contributed by atoms with Crippen LogP contribution in [0.2, 0.25) is 0 Å². The first-order chi connectivity index (χ1) is 16.9. The Bertz CT molecular complexity index is 1150. The molecule has 2 aliphatic heterocycles. The van der Waals surface area contributed by atoms with Gasteiger partial charge in [0.05, 0.1) is 0 Å². The van der Waals surface area contributed by atoms with Crippen molar-refractivity contribution in [1.29, 1.82) is 0 Å². The lowest BCUT2D eigenvalue weighted by molar-refractivity contribution is 0.00408. The van der Waals surface area contributed by atoms with Crippen LogP contribution >= 0.6 is 0 Å². The molecule has 2 aromatic heterocycles. The summed E-state index contributed by atoms with van der Waals surface area (Å²) in [4.78, 5) is 8.50. The van der Waals surface area contributed by atoms with E-state index >= 15 is 0 Å². The van der Waals surface area contributed by atoms with E-state index < -0.39 is 6.43 Å². The largest absolute Gasteiger partial charge is 0.472 e. The Balaban J connectivity index is 1.05. The molecule has 1 spiro atoms. The van der Waals surface area contributed by atoms with Crippen LogP contribution in [0.25, 0.3) is 0 Å². The molecule has 2 aliphatic rings. The van der Waals surface area contributed by atoms with E-state index in [0.29, 0.717) is 29.2 Å². The zero-order chi connectivity index (χ0) is 24.4. The minimum Gasteiger partial charge on any atom is -0.472 e. The summed E-state index contributed by atoms with van der Waals surface area (Å²) in [5.41, 5.74) is 4.45. The van der Waals surface area contributed by atoms with Gasteiger partial charge in [-0.15, -0.1) is 10.2 Å². The average Bonchev–Trinajstić information content (AvgIpc) is 2.81. The van der Waals surface area contributed by atoms with Crippen LogP contribution in [-0.4, -0.2) is 46.3 Å². The van der Waals surface area contributed by atoms with Crippen LogP contribution in [0, 0.1) is 5.41 Å². The lowest BCUT2D eigenvalue weighted by Crippen LogP contribution is -2.71. The number of allylic oxidation sites excluding steroid dienone is 1. The van der Waals surface area contributed by atoms with Gasteiger partial charge in [-0.2, -0.15) is 0 Å². The van der Waals surface area contributed by atoms with Gasteiger partial charge in [0.15, 0.2) is 0 Å². The summed E-state index contributed by atoms with van der Waals surface area (Å²) < 4.78 is 30.7. The first kappa shape index (κ1) is 23.0. The van der Waals surface area contributed by atoms with Crippen LogP contribution in [0.4, 0.5) is 20.3 Å². The van der Waals surface area contributed by atoms with Gasteiger partial charge in [0.2, 0.25) is 5.88 Å². The van der Waals surface area contributed by atoms with Crippen molar-refractivity contribution in [3.63, 3.8) is 0 Å². The van der Waals surface area contributed by atoms with E-state index in [1.807, 2.05) is 0 Å². The van der Waals surface area contributed by atoms with E-state index in [1.165, 1.54) is 18.0 Å². The number of nitrogens with one attached hydrogen (secondary N) is 1. The summed E-state index contributed by atoms with van der Waals surface area (Å²) in [7, 11) is 0. The Morgan fingerprint density at radius 2 is 1.77 bits per heavy atom. The first-order valence-electron chi connectivity index (χ1n) is 11.6. The highest BCUT2D eigenvalue weighted by Gasteiger charge is 2.51. The van der Waals surface area contributed by atoms with Gasteiger partial charge in [0.1, 0.15) is 18.1 Å². The van der Waals surface area contributed by atoms with Crippen molar-refractivity contribution < 1.29 is 13.5 Å². The predicted octanol–water partition coefficient (Wildman–Crippen LogP) is 4.66. The highest BCUT2D eigenvalue weighted by molar-refractivity contribution is 5.52. The van der Waals surface area contributed by atoms with Gasteiger partial charge >= 0.3 is 0 Å². The average molecular weight is 479 g/mol. The summed E-state index contributed by atoms with van der Waals surface area (Å²) in [6.45, 7) is 11.4. The quantitative estimate of drug-likeness (QED) is 0.480. The zero-order valence-corrected chi connectivity index (χ0v) is 19.6. The molecular weight excluding hydrogens is 450 g/mol. The molecule has 1 aromatic carbocycles. The van der Waals surface area contributed by atoms with Crippen molar-refractivity contribution in [3.05, 3.63) is 83.8 Å². The smallest absolute Gasteiger partial charge is 0.280 e. The Hall–Kier alpha value is -3.75. The van der Waals surface area contributed by atoms with Gasteiger partial charge in [-0.25, -0.2) is 8.78 Å². The highest BCUT2D eigenvalue weighted by atomic mass is 19.3. The number of halogens is 2. The number of likely N-dealkylation sites (tertiary alicyclic amines) is 1. The Morgan fingerprint density at radius 3 is 2.37 bits per heavy atom. The van der Waals surface area contributed by atoms with Gasteiger partial charge in [-0.05, 0) is 36.8 Å². The SMILES string of the molecule is C=C(C)N1CC2(C1)CN(c1ccc(CNc3ccc(OCc4ccc(C(F)F)nc4)nn3)cc1)C2. The molecule has 2 fully saturated rings. The number of pyridine rings is 1. The van der Waals surface area contributed by atoms with E-state index in [0.717, 1.165) is 37.4 Å². The number of alkyl halides is 2. The number of ether oxygens (including phenoxy) is 1. The Morgan fingerprint density at radius 1 is 1.03 bits per heavy atom. The van der Waals surface area contributed by atoms with E-state index in [9.17, 15) is 8.78 Å². The molecule has 4 heterocycles. The van der Waals surface area contributed by atoms with Gasteiger partial charge in [0.25, 0.3) is 6.43 Å². The van der Waals surface area contributed by atoms with Crippen molar-refractivity contribution >= 4 is 11.5 Å². The van der Waals surface area contributed by atoms with Crippen molar-refractivity contribution in [3.8, 4) is 5.88 Å². The molecule has 0 atom stereocenters. The van der Waals surface area contributed by atoms with Crippen LogP contribution in [0.1, 0.15) is 30.2 Å². The maximum atomic E-state index is 12.6. The number of hydrogen-bond acceptors (Lipinski definition) is 7. The summed E-state index contributed by atoms with van der Waals surface area (Å²) in [6.07, 6.45) is -1.21. The second-order valence-electron chi connectivity index (χ2n) is 9.40. The summed E-state index contributed by atoms with van der Waals surface area (Å²) in [5.74, 6) is 0.990. The molecule has 2 saturated heterocycles. The molecule has 0 saturated carbocycles. The lowest BCUT2D eigenvalue weighted by atomic mass is 9.72. The summed E-state index contributed by atoms with van der Waals surface area (Å²) in [5, 5.41) is 11.5. The monoisotopic (exact) mass is 478 g/mol. The maximum Gasteiger partial charge on any atom is 0.280 e. The minimum atomic E-state index is -2.58. The highest BCUT2D eigenvalue weighted by Crippen LogP contribution is 2.43. The normalized spacial score (nSPS) is 16.1. The molecule has 9 heteroatoms. The summed E-state index contributed by atoms with van der Waals surface area (Å²) in [6, 6.07) is 15.0. The van der Waals surface area contributed by atoms with E-state index in [1.54, 1.807) is 18.2 Å². The van der Waals surface area contributed by atoms with Crippen LogP contribution in [0.15, 0.2) is 67.0 Å². The molecule has 0 amide bonds. The molecule has 5 rings (SSSR count). The number of benzene rings is 1. The third kappa shape index (κ3) is 5.18. The van der Waals surface area contributed by atoms with Crippen molar-refractivity contribution in [1.82, 2.24) is 20.1 Å². The number of anilines is 2. The predicted molar refractivity (Wildman–Crippen MR) is 130 cm³/mol. The molecule has 0 aliphatic carbocycles. The van der Waals surface area contributed by atoms with Crippen molar-refractivity contribution in [2.24, 2.45) is 5.41 Å². The molecule has 3 aromatic rings. The van der Waals surface area contributed by atoms with Crippen molar-refractivity contribution in [2.45, 2.75) is 26.5 Å². The summed E-state index contributed by atoms with van der Waals surface area (Å²) >= 11 is 0. The molecular formula is C26H28F2N6O. The van der Waals surface area contributed by atoms with E-state index in [-0.39, 0.29) is 12.3 Å². The van der Waals surface area contributed by atoms with Crippen LogP contribution in [-0.2, 0) is 13.2 Å². The molecule has 0 radical (unpaired) electrons. The van der Waals surface area contributed by atoms with Gasteiger partial charge in [-0.3, -0.25) is 4.98 Å². The fourth-order valence-corrected chi connectivity index (χ4v) is 4.50. The molecule has 0 bridgehead atoms. The third-order valence-corrected chi connectivity index (χ3v) is 6.52. The minimum absolute atomic E-state index is 0.175. The zero-order valence-electron chi connectivity index (χ0n) is 19.6. The first-order valence-corrected chi connectivity index (χ1v) is 11.6. The van der Waals surface area contributed by atoms with Crippen LogP contribution in [0.3, 0.4) is 0 Å². The standard InChI is InChI=1S/C26H28F2N6O/c1-18(2)33-14-26(15-33)16-34(17-26)21-6-3-19(4-7-21)11-30-23-9-10-24(32-31-23)35-13-20-5-8-22(25(27)28)29-12-20/h3-10,12,25H,1,11,13-17H2,2H3,(H,30,31). The molecule has 0 unspecified atom stereocenters. The van der Waals surface area contributed by atoms with Crippen LogP contribution < -0.4 is 15.0 Å². The maximum absolute atomic E-state index is 12.6. The second kappa shape index (κ2) is 9.48. The number of hydrogen-bond donors (Lipinski definition) is 1. The molecule has 1 N–H and O–H groups in total. The fourth-order valence-electron chi connectivity index (χ4n) is 4.50. The Labute approximate surface area is 203 Å². The number of nitrogens with zero attached hydrogens (tertiary/aromatic N) is 5. The van der Waals surface area contributed by atoms with Gasteiger partial charge in [-0.1, -0.05) is 24.8 Å². The van der Waals surface area contributed by atoms with E-state index in [2.05, 4.69) is 68.1 Å². The molecule has 7 nitrogen and oxygen atoms in total. The Kier molecular flexibility index (Phi) is 6.23. The van der Waals surface area contributed by atoms with E-state index in [4.69, 9.17) is 4.74 Å². The second-order valence-corrected chi connectivity index (χ2v) is 9.40. The van der Waals surface area contributed by atoms with Crippen LogP contribution in [0.5, 0.6) is 5.88 Å². The molecule has 35 heavy (non-hydrogen) atoms. The molecule has 182 valence electrons.